The van der Waals surface area contributed by atoms with Crippen molar-refractivity contribution in [3.8, 4) is 0 Å². The maximum absolute atomic E-state index is 11.7. The second kappa shape index (κ2) is 6.75. The zero-order valence-corrected chi connectivity index (χ0v) is 14.0. The van der Waals surface area contributed by atoms with Crippen molar-refractivity contribution in [2.75, 3.05) is 25.9 Å². The molecule has 2 rings (SSSR count). The number of hydrogen-bond donors (Lipinski definition) is 1. The molecule has 0 amide bonds. The van der Waals surface area contributed by atoms with Crippen LogP contribution in [0, 0.1) is 17.8 Å². The monoisotopic (exact) mass is 302 g/mol. The Bertz CT molecular complexity index is 406. The van der Waals surface area contributed by atoms with Crippen molar-refractivity contribution < 1.29 is 8.42 Å². The second-order valence-electron chi connectivity index (χ2n) is 7.00. The molecule has 1 aliphatic carbocycles. The third kappa shape index (κ3) is 5.01. The molecule has 2 aliphatic rings. The maximum Gasteiger partial charge on any atom is 0.211 e. The van der Waals surface area contributed by atoms with Crippen molar-refractivity contribution in [3.05, 3.63) is 0 Å². The van der Waals surface area contributed by atoms with E-state index in [1.165, 1.54) is 25.5 Å². The van der Waals surface area contributed by atoms with Crippen molar-refractivity contribution >= 4 is 10.0 Å². The van der Waals surface area contributed by atoms with Crippen LogP contribution >= 0.6 is 0 Å². The highest BCUT2D eigenvalue weighted by Crippen LogP contribution is 2.28. The lowest BCUT2D eigenvalue weighted by atomic mass is 9.83. The van der Waals surface area contributed by atoms with Crippen molar-refractivity contribution in [2.24, 2.45) is 17.8 Å². The van der Waals surface area contributed by atoms with E-state index < -0.39 is 10.0 Å². The van der Waals surface area contributed by atoms with Gasteiger partial charge < -0.3 is 5.32 Å². The van der Waals surface area contributed by atoms with Gasteiger partial charge in [-0.15, -0.1) is 0 Å². The molecule has 0 spiro atoms. The highest BCUT2D eigenvalue weighted by molar-refractivity contribution is 7.88. The molecule has 1 N–H and O–H groups in total. The van der Waals surface area contributed by atoms with Gasteiger partial charge in [-0.3, -0.25) is 0 Å². The molecule has 1 aliphatic heterocycles. The van der Waals surface area contributed by atoms with E-state index in [4.69, 9.17) is 0 Å². The Kier molecular flexibility index (Phi) is 5.49. The summed E-state index contributed by atoms with van der Waals surface area (Å²) in [5.41, 5.74) is 0. The normalized spacial score (nSPS) is 28.2. The van der Waals surface area contributed by atoms with Crippen molar-refractivity contribution in [2.45, 2.75) is 52.0 Å². The van der Waals surface area contributed by atoms with E-state index in [0.717, 1.165) is 32.0 Å². The van der Waals surface area contributed by atoms with Crippen LogP contribution in [0.2, 0.25) is 0 Å². The SMILES string of the molecule is CC(CNC1CC1)C(C)CC1CCCN(S(C)(=O)=O)C1. The Morgan fingerprint density at radius 2 is 1.90 bits per heavy atom. The molecule has 4 nitrogen and oxygen atoms in total. The zero-order chi connectivity index (χ0) is 14.8. The van der Waals surface area contributed by atoms with Gasteiger partial charge in [0, 0.05) is 19.1 Å². The Labute approximate surface area is 124 Å². The lowest BCUT2D eigenvalue weighted by molar-refractivity contribution is 0.210. The first-order valence-electron chi connectivity index (χ1n) is 8.04. The van der Waals surface area contributed by atoms with Crippen molar-refractivity contribution in [1.29, 1.82) is 0 Å². The van der Waals surface area contributed by atoms with Gasteiger partial charge >= 0.3 is 0 Å². The minimum atomic E-state index is -3.01. The van der Waals surface area contributed by atoms with Crippen LogP contribution < -0.4 is 5.32 Å². The smallest absolute Gasteiger partial charge is 0.211 e. The van der Waals surface area contributed by atoms with E-state index in [1.807, 2.05) is 0 Å². The molecule has 0 radical (unpaired) electrons. The Balaban J connectivity index is 1.76. The lowest BCUT2D eigenvalue weighted by Crippen LogP contribution is -2.40. The van der Waals surface area contributed by atoms with Crippen LogP contribution in [-0.2, 0) is 10.0 Å². The molecule has 3 unspecified atom stereocenters. The fourth-order valence-electron chi connectivity index (χ4n) is 3.12. The molecular formula is C15H30N2O2S. The molecule has 118 valence electrons. The van der Waals surface area contributed by atoms with Gasteiger partial charge in [0.1, 0.15) is 0 Å². The zero-order valence-electron chi connectivity index (χ0n) is 13.1. The van der Waals surface area contributed by atoms with E-state index >= 15 is 0 Å². The number of rotatable bonds is 7. The maximum atomic E-state index is 11.7. The fourth-order valence-corrected chi connectivity index (χ4v) is 4.06. The molecule has 2 fully saturated rings. The predicted molar refractivity (Wildman–Crippen MR) is 83.1 cm³/mol. The summed E-state index contributed by atoms with van der Waals surface area (Å²) >= 11 is 0. The summed E-state index contributed by atoms with van der Waals surface area (Å²) in [6.45, 7) is 7.18. The van der Waals surface area contributed by atoms with Crippen LogP contribution in [-0.4, -0.2) is 44.7 Å². The summed E-state index contributed by atoms with van der Waals surface area (Å²) in [5, 5.41) is 3.60. The van der Waals surface area contributed by atoms with Crippen LogP contribution in [0.15, 0.2) is 0 Å². The molecule has 0 aromatic rings. The van der Waals surface area contributed by atoms with Gasteiger partial charge in [-0.2, -0.15) is 0 Å². The first kappa shape index (κ1) is 16.2. The standard InChI is InChI=1S/C15H30N2O2S/c1-12(13(2)10-16-15-6-7-15)9-14-5-4-8-17(11-14)20(3,18)19/h12-16H,4-11H2,1-3H3. The third-order valence-corrected chi connectivity index (χ3v) is 6.20. The largest absolute Gasteiger partial charge is 0.314 e. The molecule has 0 aromatic heterocycles. The highest BCUT2D eigenvalue weighted by atomic mass is 32.2. The lowest BCUT2D eigenvalue weighted by Gasteiger charge is -2.33. The van der Waals surface area contributed by atoms with Crippen LogP contribution in [0.1, 0.15) is 46.0 Å². The number of piperidine rings is 1. The quantitative estimate of drug-likeness (QED) is 0.783. The van der Waals surface area contributed by atoms with Crippen LogP contribution in [0.5, 0.6) is 0 Å². The molecule has 3 atom stereocenters. The summed E-state index contributed by atoms with van der Waals surface area (Å²) in [6.07, 6.45) is 7.36. The van der Waals surface area contributed by atoms with Gasteiger partial charge in [0.15, 0.2) is 0 Å². The summed E-state index contributed by atoms with van der Waals surface area (Å²) in [5.74, 6) is 1.87. The van der Waals surface area contributed by atoms with E-state index in [2.05, 4.69) is 19.2 Å². The van der Waals surface area contributed by atoms with Gasteiger partial charge in [0.25, 0.3) is 0 Å². The van der Waals surface area contributed by atoms with Gasteiger partial charge in [-0.25, -0.2) is 12.7 Å². The number of sulfonamides is 1. The second-order valence-corrected chi connectivity index (χ2v) is 8.98. The van der Waals surface area contributed by atoms with Gasteiger partial charge in [-0.05, 0) is 56.4 Å². The third-order valence-electron chi connectivity index (χ3n) is 4.93. The van der Waals surface area contributed by atoms with E-state index in [1.54, 1.807) is 4.31 Å². The van der Waals surface area contributed by atoms with Crippen LogP contribution in [0.4, 0.5) is 0 Å². The Hall–Kier alpha value is -0.130. The van der Waals surface area contributed by atoms with Crippen LogP contribution in [0.3, 0.4) is 0 Å². The van der Waals surface area contributed by atoms with E-state index in [0.29, 0.717) is 24.3 Å². The first-order chi connectivity index (χ1) is 9.36. The molecule has 20 heavy (non-hydrogen) atoms. The van der Waals surface area contributed by atoms with Crippen molar-refractivity contribution in [3.63, 3.8) is 0 Å². The molecule has 0 bridgehead atoms. The Morgan fingerprint density at radius 1 is 1.20 bits per heavy atom. The number of nitrogens with one attached hydrogen (secondary N) is 1. The minimum absolute atomic E-state index is 0.539. The predicted octanol–water partition coefficient (Wildman–Crippen LogP) is 2.07. The van der Waals surface area contributed by atoms with E-state index in [-0.39, 0.29) is 0 Å². The summed E-state index contributed by atoms with van der Waals surface area (Å²) in [7, 11) is -3.01. The Morgan fingerprint density at radius 3 is 2.50 bits per heavy atom. The van der Waals surface area contributed by atoms with E-state index in [9.17, 15) is 8.42 Å². The fraction of sp³-hybridized carbons (Fsp3) is 1.00. The molecule has 1 saturated carbocycles. The topological polar surface area (TPSA) is 49.4 Å². The number of nitrogens with zero attached hydrogens (tertiary/aromatic N) is 1. The number of hydrogen-bond acceptors (Lipinski definition) is 3. The van der Waals surface area contributed by atoms with Gasteiger partial charge in [0.05, 0.1) is 6.26 Å². The van der Waals surface area contributed by atoms with Crippen LogP contribution in [0.25, 0.3) is 0 Å². The average molecular weight is 302 g/mol. The van der Waals surface area contributed by atoms with Gasteiger partial charge in [0.2, 0.25) is 10.0 Å². The molecule has 1 heterocycles. The molecule has 1 saturated heterocycles. The summed E-state index contributed by atoms with van der Waals surface area (Å²) < 4.78 is 25.0. The minimum Gasteiger partial charge on any atom is -0.314 e. The summed E-state index contributed by atoms with van der Waals surface area (Å²) in [6, 6.07) is 0.778. The average Bonchev–Trinajstić information content (AvgIpc) is 3.19. The molecular weight excluding hydrogens is 272 g/mol. The summed E-state index contributed by atoms with van der Waals surface area (Å²) in [4.78, 5) is 0. The highest BCUT2D eigenvalue weighted by Gasteiger charge is 2.28. The molecule has 5 heteroatoms. The van der Waals surface area contributed by atoms with Crippen molar-refractivity contribution in [1.82, 2.24) is 9.62 Å². The first-order valence-corrected chi connectivity index (χ1v) is 9.89. The molecule has 0 aromatic carbocycles. The van der Waals surface area contributed by atoms with Gasteiger partial charge in [-0.1, -0.05) is 13.8 Å².